The predicted molar refractivity (Wildman–Crippen MR) is 232 cm³/mol. The Bertz CT molecular complexity index is 3040. The minimum atomic E-state index is 0.700. The third-order valence-electron chi connectivity index (χ3n) is 10.5. The van der Waals surface area contributed by atoms with Gasteiger partial charge in [-0.2, -0.15) is 0 Å². The topological polar surface area (TPSA) is 64.7 Å². The summed E-state index contributed by atoms with van der Waals surface area (Å²) in [5.74, 6) is 1.43. The summed E-state index contributed by atoms with van der Waals surface area (Å²) < 4.78 is 6.15. The lowest BCUT2D eigenvalue weighted by molar-refractivity contribution is 0.669. The molecule has 0 radical (unpaired) electrons. The van der Waals surface area contributed by atoms with Crippen LogP contribution in [0.5, 0.6) is 0 Å². The fourth-order valence-electron chi connectivity index (χ4n) is 7.52. The molecule has 3 aromatic heterocycles. The fourth-order valence-corrected chi connectivity index (χ4v) is 7.52. The third kappa shape index (κ3) is 6.77. The summed E-state index contributed by atoms with van der Waals surface area (Å²) in [6.07, 6.45) is 0. The number of rotatable bonds is 7. The minimum absolute atomic E-state index is 0.700. The zero-order valence-corrected chi connectivity index (χ0v) is 31.5. The second-order valence-electron chi connectivity index (χ2n) is 14.4. The lowest BCUT2D eigenvalue weighted by Crippen LogP contribution is -1.95. The summed E-state index contributed by atoms with van der Waals surface area (Å²) in [6.45, 7) is 4.03. The van der Waals surface area contributed by atoms with Crippen LogP contribution in [-0.2, 0) is 0 Å². The molecule has 0 saturated heterocycles. The van der Waals surface area contributed by atoms with Gasteiger partial charge in [-0.05, 0) is 77.6 Å². The number of aryl methyl sites for hydroxylation is 2. The molecule has 5 heteroatoms. The molecule has 57 heavy (non-hydrogen) atoms. The second kappa shape index (κ2) is 14.3. The van der Waals surface area contributed by atoms with Crippen molar-refractivity contribution < 1.29 is 4.42 Å². The van der Waals surface area contributed by atoms with E-state index in [1.54, 1.807) is 0 Å². The summed E-state index contributed by atoms with van der Waals surface area (Å²) in [7, 11) is 0. The highest BCUT2D eigenvalue weighted by atomic mass is 16.3. The lowest BCUT2D eigenvalue weighted by Gasteiger charge is -2.10. The number of para-hydroxylation sites is 1. The summed E-state index contributed by atoms with van der Waals surface area (Å²) in [5, 5.41) is 2.22. The molecule has 0 fully saturated rings. The Labute approximate surface area is 331 Å². The molecule has 5 nitrogen and oxygen atoms in total. The van der Waals surface area contributed by atoms with Gasteiger partial charge in [-0.1, -0.05) is 152 Å². The molecule has 0 atom stereocenters. The number of furan rings is 1. The van der Waals surface area contributed by atoms with Crippen LogP contribution in [0.4, 0.5) is 0 Å². The maximum absolute atomic E-state index is 6.15. The van der Waals surface area contributed by atoms with E-state index in [1.165, 1.54) is 11.1 Å². The first-order valence-electron chi connectivity index (χ1n) is 19.1. The van der Waals surface area contributed by atoms with Crippen LogP contribution in [0, 0.1) is 13.8 Å². The van der Waals surface area contributed by atoms with Gasteiger partial charge in [0.25, 0.3) is 0 Å². The highest BCUT2D eigenvalue weighted by molar-refractivity contribution is 6.05. The molecule has 0 aliphatic carbocycles. The highest BCUT2D eigenvalue weighted by Crippen LogP contribution is 2.34. The van der Waals surface area contributed by atoms with Crippen molar-refractivity contribution in [3.05, 3.63) is 193 Å². The molecule has 0 unspecified atom stereocenters. The molecule has 7 aromatic carbocycles. The van der Waals surface area contributed by atoms with Crippen molar-refractivity contribution in [1.29, 1.82) is 0 Å². The summed E-state index contributed by atoms with van der Waals surface area (Å²) in [4.78, 5) is 19.5. The first-order chi connectivity index (χ1) is 28.0. The van der Waals surface area contributed by atoms with Gasteiger partial charge in [0, 0.05) is 44.4 Å². The monoisotopic (exact) mass is 732 g/mol. The van der Waals surface area contributed by atoms with Crippen molar-refractivity contribution in [1.82, 2.24) is 19.9 Å². The van der Waals surface area contributed by atoms with E-state index in [-0.39, 0.29) is 0 Å². The molecule has 3 heterocycles. The van der Waals surface area contributed by atoms with Crippen LogP contribution in [0.25, 0.3) is 101 Å². The largest absolute Gasteiger partial charge is 0.456 e. The van der Waals surface area contributed by atoms with Gasteiger partial charge in [-0.25, -0.2) is 19.9 Å². The summed E-state index contributed by atoms with van der Waals surface area (Å²) >= 11 is 0. The Morgan fingerprint density at radius 2 is 0.684 bits per heavy atom. The van der Waals surface area contributed by atoms with E-state index in [9.17, 15) is 0 Å². The number of nitrogens with zero attached hydrogens (tertiary/aromatic N) is 4. The van der Waals surface area contributed by atoms with Crippen LogP contribution in [0.1, 0.15) is 11.4 Å². The van der Waals surface area contributed by atoms with E-state index in [1.807, 2.05) is 50.2 Å². The van der Waals surface area contributed by atoms with Gasteiger partial charge >= 0.3 is 0 Å². The molecular weight excluding hydrogens is 697 g/mol. The molecule has 270 valence electrons. The van der Waals surface area contributed by atoms with Crippen molar-refractivity contribution in [3.63, 3.8) is 0 Å². The van der Waals surface area contributed by atoms with Gasteiger partial charge in [0.05, 0.1) is 11.4 Å². The smallest absolute Gasteiger partial charge is 0.160 e. The number of hydrogen-bond acceptors (Lipinski definition) is 5. The fraction of sp³-hybridized carbons (Fsp3) is 0.0385. The van der Waals surface area contributed by atoms with Crippen LogP contribution in [0.2, 0.25) is 0 Å². The number of fused-ring (bicyclic) bond motifs is 3. The Kier molecular flexibility index (Phi) is 8.53. The minimum Gasteiger partial charge on any atom is -0.456 e. The molecule has 0 aliphatic heterocycles. The van der Waals surface area contributed by atoms with E-state index in [2.05, 4.69) is 146 Å². The van der Waals surface area contributed by atoms with Gasteiger partial charge in [-0.15, -0.1) is 0 Å². The van der Waals surface area contributed by atoms with Crippen LogP contribution >= 0.6 is 0 Å². The Hall–Kier alpha value is -7.50. The predicted octanol–water partition coefficient (Wildman–Crippen LogP) is 13.5. The molecule has 0 aliphatic rings. The molecular formula is C52H36N4O. The molecule has 0 bridgehead atoms. The molecule has 0 amide bonds. The number of benzene rings is 7. The quantitative estimate of drug-likeness (QED) is 0.163. The van der Waals surface area contributed by atoms with Gasteiger partial charge < -0.3 is 4.42 Å². The van der Waals surface area contributed by atoms with Gasteiger partial charge in [0.2, 0.25) is 0 Å². The van der Waals surface area contributed by atoms with Crippen molar-refractivity contribution in [3.8, 4) is 78.7 Å². The average molecular weight is 733 g/mol. The van der Waals surface area contributed by atoms with Crippen molar-refractivity contribution >= 4 is 21.9 Å². The SMILES string of the molecule is Cc1cc(-c2ccc(-c3ccc(-c4ccc(-c5nc(C)cc(-c6ccc7c(c6)oc6ccccc67)n5)cc4)cc3)cc2)nc(-c2ccc(-c3ccccc3)cc2)n1. The zero-order chi connectivity index (χ0) is 38.3. The average Bonchev–Trinajstić information content (AvgIpc) is 3.65. The Balaban J connectivity index is 0.848. The van der Waals surface area contributed by atoms with Crippen LogP contribution < -0.4 is 0 Å². The van der Waals surface area contributed by atoms with E-state index in [4.69, 9.17) is 24.4 Å². The zero-order valence-electron chi connectivity index (χ0n) is 31.5. The number of hydrogen-bond donors (Lipinski definition) is 0. The van der Waals surface area contributed by atoms with E-state index in [0.717, 1.165) is 95.0 Å². The first-order valence-corrected chi connectivity index (χ1v) is 19.1. The van der Waals surface area contributed by atoms with Gasteiger partial charge in [0.1, 0.15) is 11.2 Å². The van der Waals surface area contributed by atoms with Crippen LogP contribution in [0.15, 0.2) is 186 Å². The lowest BCUT2D eigenvalue weighted by atomic mass is 9.98. The van der Waals surface area contributed by atoms with Crippen molar-refractivity contribution in [2.45, 2.75) is 13.8 Å². The summed E-state index contributed by atoms with van der Waals surface area (Å²) in [5.41, 5.74) is 16.3. The molecule has 0 spiro atoms. The van der Waals surface area contributed by atoms with Crippen LogP contribution in [-0.4, -0.2) is 19.9 Å². The number of aromatic nitrogens is 4. The van der Waals surface area contributed by atoms with Gasteiger partial charge in [-0.3, -0.25) is 0 Å². The molecule has 10 aromatic rings. The van der Waals surface area contributed by atoms with Crippen LogP contribution in [0.3, 0.4) is 0 Å². The van der Waals surface area contributed by atoms with Crippen molar-refractivity contribution in [2.24, 2.45) is 0 Å². The third-order valence-corrected chi connectivity index (χ3v) is 10.5. The Morgan fingerprint density at radius 1 is 0.298 bits per heavy atom. The molecule has 0 saturated carbocycles. The van der Waals surface area contributed by atoms with E-state index < -0.39 is 0 Å². The maximum atomic E-state index is 6.15. The first kappa shape index (κ1) is 34.0. The maximum Gasteiger partial charge on any atom is 0.160 e. The van der Waals surface area contributed by atoms with E-state index >= 15 is 0 Å². The Morgan fingerprint density at radius 3 is 1.21 bits per heavy atom. The highest BCUT2D eigenvalue weighted by Gasteiger charge is 2.13. The normalized spacial score (nSPS) is 11.3. The second-order valence-corrected chi connectivity index (χ2v) is 14.4. The molecule has 0 N–H and O–H groups in total. The standard InChI is InChI=1S/C52H36N4O/c1-33-30-47(55-51(53-33)42-24-18-36(19-25-42)35-8-4-3-5-9-35)41-22-16-39(17-23-41)37-12-14-38(15-13-37)40-20-26-43(27-21-40)52-54-34(2)31-48(56-52)44-28-29-46-45-10-6-7-11-49(45)57-50(46)32-44/h3-32H,1-2H3. The summed E-state index contributed by atoms with van der Waals surface area (Å²) in [6, 6.07) is 63.2. The van der Waals surface area contributed by atoms with Crippen molar-refractivity contribution in [2.75, 3.05) is 0 Å². The van der Waals surface area contributed by atoms with Gasteiger partial charge in [0.15, 0.2) is 11.6 Å². The van der Waals surface area contributed by atoms with E-state index in [0.29, 0.717) is 5.82 Å². The molecule has 10 rings (SSSR count).